The van der Waals surface area contributed by atoms with Crippen molar-refractivity contribution in [2.24, 2.45) is 0 Å². The summed E-state index contributed by atoms with van der Waals surface area (Å²) in [4.78, 5) is 5.98. The van der Waals surface area contributed by atoms with Gasteiger partial charge in [-0.1, -0.05) is 6.07 Å². The highest BCUT2D eigenvalue weighted by Gasteiger charge is 2.30. The number of hydrogen-bond donors (Lipinski definition) is 1. The monoisotopic (exact) mass is 288 g/mol. The molecule has 0 fully saturated rings. The van der Waals surface area contributed by atoms with Gasteiger partial charge in [-0.05, 0) is 44.0 Å². The second-order valence-corrected chi connectivity index (χ2v) is 6.14. The first-order valence-electron chi connectivity index (χ1n) is 7.07. The van der Waals surface area contributed by atoms with Crippen molar-refractivity contribution in [2.75, 3.05) is 14.2 Å². The number of rotatable bonds is 4. The number of fused-ring (bicyclic) bond motifs is 1. The minimum Gasteiger partial charge on any atom is -0.496 e. The van der Waals surface area contributed by atoms with Crippen LogP contribution in [0.3, 0.4) is 0 Å². The van der Waals surface area contributed by atoms with Gasteiger partial charge in [-0.25, -0.2) is 0 Å². The second kappa shape index (κ2) is 5.94. The molecule has 2 atom stereocenters. The molecule has 0 aromatic carbocycles. The van der Waals surface area contributed by atoms with Gasteiger partial charge in [0.2, 0.25) is 0 Å². The van der Waals surface area contributed by atoms with Crippen LogP contribution in [0.15, 0.2) is 29.8 Å². The van der Waals surface area contributed by atoms with Crippen molar-refractivity contribution in [3.8, 4) is 5.75 Å². The van der Waals surface area contributed by atoms with Crippen LogP contribution in [0, 0.1) is 0 Å². The van der Waals surface area contributed by atoms with Gasteiger partial charge in [0.05, 0.1) is 7.11 Å². The molecule has 20 heavy (non-hydrogen) atoms. The van der Waals surface area contributed by atoms with Gasteiger partial charge < -0.3 is 10.1 Å². The minimum absolute atomic E-state index is 0.317. The molecule has 1 N–H and O–H groups in total. The SMILES string of the molecule is CNC(c1cc(OC)cs1)C1CCCc2cccnc21. The zero-order valence-electron chi connectivity index (χ0n) is 11.9. The van der Waals surface area contributed by atoms with E-state index in [9.17, 15) is 0 Å². The van der Waals surface area contributed by atoms with Crippen LogP contribution in [0.5, 0.6) is 5.75 Å². The van der Waals surface area contributed by atoms with E-state index in [-0.39, 0.29) is 0 Å². The number of pyridine rings is 1. The summed E-state index contributed by atoms with van der Waals surface area (Å²) < 4.78 is 5.31. The third kappa shape index (κ3) is 2.45. The Morgan fingerprint density at radius 2 is 2.40 bits per heavy atom. The van der Waals surface area contributed by atoms with Crippen molar-refractivity contribution in [1.29, 1.82) is 0 Å². The molecule has 0 amide bonds. The summed E-state index contributed by atoms with van der Waals surface area (Å²) >= 11 is 1.76. The van der Waals surface area contributed by atoms with Crippen molar-refractivity contribution < 1.29 is 4.74 Å². The van der Waals surface area contributed by atoms with E-state index in [0.29, 0.717) is 12.0 Å². The van der Waals surface area contributed by atoms with E-state index in [2.05, 4.69) is 27.8 Å². The van der Waals surface area contributed by atoms with Crippen molar-refractivity contribution >= 4 is 11.3 Å². The Balaban J connectivity index is 1.94. The summed E-state index contributed by atoms with van der Waals surface area (Å²) in [6.45, 7) is 0. The van der Waals surface area contributed by atoms with Crippen LogP contribution >= 0.6 is 11.3 Å². The Labute approximate surface area is 124 Å². The summed E-state index contributed by atoms with van der Waals surface area (Å²) in [6, 6.07) is 6.72. The molecule has 2 heterocycles. The van der Waals surface area contributed by atoms with Crippen molar-refractivity contribution in [3.05, 3.63) is 45.9 Å². The van der Waals surface area contributed by atoms with Gasteiger partial charge >= 0.3 is 0 Å². The Kier molecular flexibility index (Phi) is 4.03. The topological polar surface area (TPSA) is 34.1 Å². The summed E-state index contributed by atoms with van der Waals surface area (Å²) in [5.74, 6) is 1.40. The molecule has 2 aromatic heterocycles. The standard InChI is InChI=1S/C16H20N2OS/c1-17-16(14-9-12(19-2)10-20-14)13-7-3-5-11-6-4-8-18-15(11)13/h4,6,8-10,13,16-17H,3,5,7H2,1-2H3. The highest BCUT2D eigenvalue weighted by molar-refractivity contribution is 7.10. The quantitative estimate of drug-likeness (QED) is 0.934. The largest absolute Gasteiger partial charge is 0.496 e. The predicted molar refractivity (Wildman–Crippen MR) is 82.6 cm³/mol. The number of methoxy groups -OCH3 is 1. The molecule has 1 aliphatic carbocycles. The van der Waals surface area contributed by atoms with Gasteiger partial charge in [-0.15, -0.1) is 11.3 Å². The molecule has 2 unspecified atom stereocenters. The zero-order chi connectivity index (χ0) is 13.9. The van der Waals surface area contributed by atoms with Crippen LogP contribution in [0.2, 0.25) is 0 Å². The maximum atomic E-state index is 5.31. The zero-order valence-corrected chi connectivity index (χ0v) is 12.7. The molecular formula is C16H20N2OS. The molecule has 0 radical (unpaired) electrons. The van der Waals surface area contributed by atoms with Crippen LogP contribution in [0.4, 0.5) is 0 Å². The number of likely N-dealkylation sites (N-methyl/N-ethyl adjacent to an activating group) is 1. The van der Waals surface area contributed by atoms with E-state index < -0.39 is 0 Å². The van der Waals surface area contributed by atoms with Gasteiger partial charge in [0.1, 0.15) is 5.75 Å². The van der Waals surface area contributed by atoms with Crippen LogP contribution in [-0.2, 0) is 6.42 Å². The number of ether oxygens (including phenoxy) is 1. The highest BCUT2D eigenvalue weighted by atomic mass is 32.1. The molecule has 0 saturated carbocycles. The average molecular weight is 288 g/mol. The molecule has 1 aliphatic rings. The molecule has 106 valence electrons. The van der Waals surface area contributed by atoms with Crippen LogP contribution in [0.25, 0.3) is 0 Å². The fraction of sp³-hybridized carbons (Fsp3) is 0.438. The number of nitrogens with one attached hydrogen (secondary N) is 1. The normalized spacial score (nSPS) is 19.4. The predicted octanol–water partition coefficient (Wildman–Crippen LogP) is 3.53. The van der Waals surface area contributed by atoms with Gasteiger partial charge in [0.25, 0.3) is 0 Å². The second-order valence-electron chi connectivity index (χ2n) is 5.20. The lowest BCUT2D eigenvalue weighted by atomic mass is 9.81. The van der Waals surface area contributed by atoms with Crippen LogP contribution < -0.4 is 10.1 Å². The first-order valence-corrected chi connectivity index (χ1v) is 7.95. The van der Waals surface area contributed by atoms with E-state index >= 15 is 0 Å². The number of thiophene rings is 1. The van der Waals surface area contributed by atoms with Crippen molar-refractivity contribution in [3.63, 3.8) is 0 Å². The summed E-state index contributed by atoms with van der Waals surface area (Å²) in [5, 5.41) is 5.55. The molecule has 0 saturated heterocycles. The maximum absolute atomic E-state index is 5.31. The molecule has 3 nitrogen and oxygen atoms in total. The molecule has 0 aliphatic heterocycles. The van der Waals surface area contributed by atoms with E-state index in [4.69, 9.17) is 4.74 Å². The highest BCUT2D eigenvalue weighted by Crippen LogP contribution is 2.41. The fourth-order valence-corrected chi connectivity index (χ4v) is 4.15. The van der Waals surface area contributed by atoms with E-state index in [1.807, 2.05) is 19.3 Å². The van der Waals surface area contributed by atoms with E-state index in [1.54, 1.807) is 18.4 Å². The number of aromatic nitrogens is 1. The number of aryl methyl sites for hydroxylation is 1. The molecule has 0 bridgehead atoms. The molecule has 2 aromatic rings. The third-order valence-electron chi connectivity index (χ3n) is 4.09. The Bertz CT molecular complexity index is 581. The lowest BCUT2D eigenvalue weighted by molar-refractivity contribution is 0.408. The Hall–Kier alpha value is -1.39. The molecule has 0 spiro atoms. The van der Waals surface area contributed by atoms with E-state index in [0.717, 1.165) is 12.2 Å². The Morgan fingerprint density at radius 3 is 3.15 bits per heavy atom. The summed E-state index contributed by atoms with van der Waals surface area (Å²) in [5.41, 5.74) is 2.68. The lowest BCUT2D eigenvalue weighted by Gasteiger charge is -2.30. The van der Waals surface area contributed by atoms with Gasteiger partial charge in [0.15, 0.2) is 0 Å². The van der Waals surface area contributed by atoms with Crippen LogP contribution in [-0.4, -0.2) is 19.1 Å². The van der Waals surface area contributed by atoms with Crippen molar-refractivity contribution in [2.45, 2.75) is 31.2 Å². The lowest BCUT2D eigenvalue weighted by Crippen LogP contribution is -2.26. The van der Waals surface area contributed by atoms with Crippen LogP contribution in [0.1, 0.15) is 40.9 Å². The summed E-state index contributed by atoms with van der Waals surface area (Å²) in [6.07, 6.45) is 5.50. The average Bonchev–Trinajstić information content (AvgIpc) is 2.97. The number of hydrogen-bond acceptors (Lipinski definition) is 4. The Morgan fingerprint density at radius 1 is 1.50 bits per heavy atom. The van der Waals surface area contributed by atoms with Crippen molar-refractivity contribution in [1.82, 2.24) is 10.3 Å². The third-order valence-corrected chi connectivity index (χ3v) is 5.08. The van der Waals surface area contributed by atoms with Gasteiger partial charge in [-0.2, -0.15) is 0 Å². The molecule has 4 heteroatoms. The minimum atomic E-state index is 0.317. The molecular weight excluding hydrogens is 268 g/mol. The number of nitrogens with zero attached hydrogens (tertiary/aromatic N) is 1. The first kappa shape index (κ1) is 13.6. The summed E-state index contributed by atoms with van der Waals surface area (Å²) in [7, 11) is 3.76. The van der Waals surface area contributed by atoms with Gasteiger partial charge in [-0.3, -0.25) is 4.98 Å². The van der Waals surface area contributed by atoms with E-state index in [1.165, 1.54) is 29.0 Å². The smallest absolute Gasteiger partial charge is 0.129 e. The molecule has 3 rings (SSSR count). The fourth-order valence-electron chi connectivity index (χ4n) is 3.12. The first-order chi connectivity index (χ1) is 9.83. The maximum Gasteiger partial charge on any atom is 0.129 e. The van der Waals surface area contributed by atoms with Gasteiger partial charge in [0, 0.05) is 34.1 Å².